The fourth-order valence-electron chi connectivity index (χ4n) is 5.97. The second-order valence-corrected chi connectivity index (χ2v) is 11.9. The molecule has 0 saturated carbocycles. The minimum absolute atomic E-state index is 0.160. The Kier molecular flexibility index (Phi) is 7.81. The van der Waals surface area contributed by atoms with Crippen molar-refractivity contribution in [1.82, 2.24) is 9.88 Å². The lowest BCUT2D eigenvalue weighted by Crippen LogP contribution is -2.35. The molecule has 4 heteroatoms. The molecule has 2 heterocycles. The summed E-state index contributed by atoms with van der Waals surface area (Å²) in [5, 5.41) is 19.0. The molecular weight excluding hydrogens is 420 g/mol. The Hall–Kier alpha value is -1.75. The molecule has 0 bridgehead atoms. The fourth-order valence-corrected chi connectivity index (χ4v) is 5.97. The first-order chi connectivity index (χ1) is 16.2. The van der Waals surface area contributed by atoms with Gasteiger partial charge >= 0.3 is 0 Å². The second-order valence-electron chi connectivity index (χ2n) is 11.9. The molecule has 0 radical (unpaired) electrons. The summed E-state index contributed by atoms with van der Waals surface area (Å²) in [6.45, 7) is 11.9. The van der Waals surface area contributed by atoms with Gasteiger partial charge in [0.25, 0.3) is 0 Å². The van der Waals surface area contributed by atoms with Crippen LogP contribution in [0.15, 0.2) is 36.4 Å². The van der Waals surface area contributed by atoms with Crippen LogP contribution in [0.2, 0.25) is 0 Å². The highest BCUT2D eigenvalue weighted by Crippen LogP contribution is 2.46. The molecule has 34 heavy (non-hydrogen) atoms. The van der Waals surface area contributed by atoms with Crippen molar-refractivity contribution in [1.29, 1.82) is 0 Å². The molecule has 4 rings (SSSR count). The molecule has 1 unspecified atom stereocenters. The van der Waals surface area contributed by atoms with Gasteiger partial charge in [-0.25, -0.2) is 0 Å². The van der Waals surface area contributed by atoms with Crippen molar-refractivity contribution >= 4 is 0 Å². The number of pyridine rings is 1. The number of aromatic nitrogens is 1. The van der Waals surface area contributed by atoms with Crippen LogP contribution in [0.5, 0.6) is 0 Å². The molecule has 1 aromatic carbocycles. The van der Waals surface area contributed by atoms with E-state index in [0.29, 0.717) is 12.5 Å². The summed E-state index contributed by atoms with van der Waals surface area (Å²) >= 11 is 0. The van der Waals surface area contributed by atoms with Gasteiger partial charge in [0.05, 0.1) is 18.4 Å². The van der Waals surface area contributed by atoms with E-state index in [9.17, 15) is 10.2 Å². The number of nitrogens with zero attached hydrogens (tertiary/aromatic N) is 2. The van der Waals surface area contributed by atoms with Gasteiger partial charge in [0.1, 0.15) is 0 Å². The van der Waals surface area contributed by atoms with Crippen LogP contribution >= 0.6 is 0 Å². The Morgan fingerprint density at radius 3 is 2.41 bits per heavy atom. The van der Waals surface area contributed by atoms with E-state index >= 15 is 0 Å². The van der Waals surface area contributed by atoms with Gasteiger partial charge in [-0.3, -0.25) is 4.98 Å². The standard InChI is InChI=1S/C30H44N2O2/c1-29(2)15-16-30(3,4)26-19-23(13-14-25(26)29)28-12-7-11-27(31-28)22-9-5-6-17-32(18-8-10-22)20-24(34)21-33/h7,11-14,19,22,24,33-34H,5-6,8-10,15-18,20-21H2,1-4H3/t22?,24-/m0/s1. The summed E-state index contributed by atoms with van der Waals surface area (Å²) in [6, 6.07) is 13.6. The first kappa shape index (κ1) is 25.3. The number of aliphatic hydroxyl groups is 2. The predicted molar refractivity (Wildman–Crippen MR) is 140 cm³/mol. The Balaban J connectivity index is 1.53. The van der Waals surface area contributed by atoms with E-state index in [0.717, 1.165) is 44.5 Å². The summed E-state index contributed by atoms with van der Waals surface area (Å²) in [7, 11) is 0. The lowest BCUT2D eigenvalue weighted by molar-refractivity contribution is 0.0585. The monoisotopic (exact) mass is 464 g/mol. The van der Waals surface area contributed by atoms with Crippen LogP contribution in [0.4, 0.5) is 0 Å². The first-order valence-electron chi connectivity index (χ1n) is 13.3. The molecule has 0 spiro atoms. The number of benzene rings is 1. The maximum absolute atomic E-state index is 9.84. The van der Waals surface area contributed by atoms with Gasteiger partial charge in [-0.2, -0.15) is 0 Å². The molecule has 1 aliphatic heterocycles. The molecule has 186 valence electrons. The van der Waals surface area contributed by atoms with E-state index in [1.54, 1.807) is 0 Å². The number of hydrogen-bond donors (Lipinski definition) is 2. The quantitative estimate of drug-likeness (QED) is 0.587. The van der Waals surface area contributed by atoms with Crippen LogP contribution in [0.3, 0.4) is 0 Å². The molecule has 1 saturated heterocycles. The van der Waals surface area contributed by atoms with Gasteiger partial charge in [-0.05, 0) is 91.8 Å². The largest absolute Gasteiger partial charge is 0.394 e. The molecule has 1 fully saturated rings. The van der Waals surface area contributed by atoms with Crippen LogP contribution in [0.25, 0.3) is 11.3 Å². The van der Waals surface area contributed by atoms with Gasteiger partial charge in [0.2, 0.25) is 0 Å². The Bertz CT molecular complexity index is 968. The normalized spacial score (nSPS) is 23.9. The van der Waals surface area contributed by atoms with Crippen molar-refractivity contribution in [3.05, 3.63) is 53.2 Å². The van der Waals surface area contributed by atoms with E-state index in [-0.39, 0.29) is 17.4 Å². The lowest BCUT2D eigenvalue weighted by Gasteiger charge is -2.42. The van der Waals surface area contributed by atoms with Crippen LogP contribution in [0, 0.1) is 0 Å². The lowest BCUT2D eigenvalue weighted by atomic mass is 9.63. The molecule has 2 aliphatic rings. The van der Waals surface area contributed by atoms with Crippen molar-refractivity contribution in [2.75, 3.05) is 26.2 Å². The van der Waals surface area contributed by atoms with E-state index in [1.165, 1.54) is 41.6 Å². The third-order valence-electron chi connectivity index (χ3n) is 8.32. The molecule has 2 N–H and O–H groups in total. The molecule has 0 amide bonds. The summed E-state index contributed by atoms with van der Waals surface area (Å²) in [5.41, 5.74) is 6.96. The van der Waals surface area contributed by atoms with Gasteiger partial charge < -0.3 is 15.1 Å². The average molecular weight is 465 g/mol. The van der Waals surface area contributed by atoms with Crippen LogP contribution < -0.4 is 0 Å². The molecule has 2 aromatic rings. The zero-order chi connectivity index (χ0) is 24.3. The summed E-state index contributed by atoms with van der Waals surface area (Å²) in [6.07, 6.45) is 7.50. The van der Waals surface area contributed by atoms with Gasteiger partial charge in [0.15, 0.2) is 0 Å². The highest BCUT2D eigenvalue weighted by Gasteiger charge is 2.37. The van der Waals surface area contributed by atoms with Crippen LogP contribution in [0.1, 0.15) is 95.4 Å². The number of fused-ring (bicyclic) bond motifs is 1. The molecule has 1 aliphatic carbocycles. The van der Waals surface area contributed by atoms with Crippen molar-refractivity contribution in [2.45, 2.75) is 95.5 Å². The average Bonchev–Trinajstić information content (AvgIpc) is 2.94. The summed E-state index contributed by atoms with van der Waals surface area (Å²) in [5.74, 6) is 0.482. The predicted octanol–water partition coefficient (Wildman–Crippen LogP) is 5.80. The first-order valence-corrected chi connectivity index (χ1v) is 13.3. The molecular formula is C30H44N2O2. The topological polar surface area (TPSA) is 56.6 Å². The minimum atomic E-state index is -0.637. The van der Waals surface area contributed by atoms with Crippen LogP contribution in [-0.2, 0) is 10.8 Å². The Morgan fingerprint density at radius 2 is 1.65 bits per heavy atom. The summed E-state index contributed by atoms with van der Waals surface area (Å²) in [4.78, 5) is 7.51. The maximum Gasteiger partial charge on any atom is 0.0897 e. The zero-order valence-corrected chi connectivity index (χ0v) is 21.7. The zero-order valence-electron chi connectivity index (χ0n) is 21.7. The van der Waals surface area contributed by atoms with Crippen molar-refractivity contribution in [3.8, 4) is 11.3 Å². The second kappa shape index (κ2) is 10.5. The van der Waals surface area contributed by atoms with Crippen molar-refractivity contribution in [2.24, 2.45) is 0 Å². The number of rotatable bonds is 5. The summed E-state index contributed by atoms with van der Waals surface area (Å²) < 4.78 is 0. The molecule has 2 atom stereocenters. The SMILES string of the molecule is CC1(C)CCC(C)(C)c2cc(-c3cccc(C4CCCCN(C[C@H](O)CO)CCC4)n3)ccc21. The van der Waals surface area contributed by atoms with E-state index < -0.39 is 6.10 Å². The number of β-amino-alcohol motifs (C(OH)–C–C–N with tert-alkyl or cyclic N) is 1. The van der Waals surface area contributed by atoms with Gasteiger partial charge in [-0.1, -0.05) is 52.3 Å². The van der Waals surface area contributed by atoms with Gasteiger partial charge in [0, 0.05) is 23.7 Å². The highest BCUT2D eigenvalue weighted by atomic mass is 16.3. The van der Waals surface area contributed by atoms with Crippen molar-refractivity contribution < 1.29 is 10.2 Å². The third-order valence-corrected chi connectivity index (χ3v) is 8.32. The maximum atomic E-state index is 9.84. The highest BCUT2D eigenvalue weighted by molar-refractivity contribution is 5.63. The third kappa shape index (κ3) is 5.72. The minimum Gasteiger partial charge on any atom is -0.394 e. The Labute approximate surface area is 206 Å². The van der Waals surface area contributed by atoms with Crippen LogP contribution in [-0.4, -0.2) is 52.4 Å². The van der Waals surface area contributed by atoms with Gasteiger partial charge in [-0.15, -0.1) is 0 Å². The smallest absolute Gasteiger partial charge is 0.0897 e. The molecule has 4 nitrogen and oxygen atoms in total. The number of aliphatic hydroxyl groups excluding tert-OH is 2. The van der Waals surface area contributed by atoms with E-state index in [4.69, 9.17) is 4.98 Å². The molecule has 1 aromatic heterocycles. The number of hydrogen-bond acceptors (Lipinski definition) is 4. The van der Waals surface area contributed by atoms with E-state index in [2.05, 4.69) is 69.0 Å². The Morgan fingerprint density at radius 1 is 0.941 bits per heavy atom. The van der Waals surface area contributed by atoms with E-state index in [1.807, 2.05) is 0 Å². The fraction of sp³-hybridized carbons (Fsp3) is 0.633. The van der Waals surface area contributed by atoms with Crippen molar-refractivity contribution in [3.63, 3.8) is 0 Å².